The van der Waals surface area contributed by atoms with Crippen LogP contribution in [0.2, 0.25) is 0 Å². The highest BCUT2D eigenvalue weighted by Crippen LogP contribution is 2.29. The molecule has 10 heteroatoms. The van der Waals surface area contributed by atoms with Crippen molar-refractivity contribution in [3.05, 3.63) is 35.4 Å². The molecule has 2 rings (SSSR count). The maximum Gasteiger partial charge on any atom is 0.416 e. The molecule has 0 saturated carbocycles. The number of aliphatic imine (C=N–C) groups is 1. The number of benzene rings is 1. The Morgan fingerprint density at radius 2 is 1.96 bits per heavy atom. The summed E-state index contributed by atoms with van der Waals surface area (Å²) in [6.07, 6.45) is -8.13. The molecule has 0 spiro atoms. The second kappa shape index (κ2) is 8.81. The maximum absolute atomic E-state index is 12.8. The van der Waals surface area contributed by atoms with Crippen molar-refractivity contribution in [3.8, 4) is 0 Å². The van der Waals surface area contributed by atoms with Crippen molar-refractivity contribution < 1.29 is 26.3 Å². The summed E-state index contributed by atoms with van der Waals surface area (Å²) in [6, 6.07) is 4.69. The Kier molecular flexibility index (Phi) is 6.96. The van der Waals surface area contributed by atoms with Crippen LogP contribution in [-0.4, -0.2) is 49.3 Å². The largest absolute Gasteiger partial charge is 0.416 e. The van der Waals surface area contributed by atoms with Crippen LogP contribution >= 0.6 is 0 Å². The Bertz CT molecular complexity index is 641. The SMILES string of the molecule is CCNC(=NCc1cccc(C(F)(F)F)c1)NC1CCN(CC(F)(F)F)C1. The summed E-state index contributed by atoms with van der Waals surface area (Å²) in [5, 5.41) is 6.02. The number of guanidine groups is 1. The molecule has 2 N–H and O–H groups in total. The van der Waals surface area contributed by atoms with E-state index in [1.54, 1.807) is 6.07 Å². The third-order valence-corrected chi connectivity index (χ3v) is 4.03. The van der Waals surface area contributed by atoms with Crippen LogP contribution in [-0.2, 0) is 12.7 Å². The van der Waals surface area contributed by atoms with Gasteiger partial charge in [0.25, 0.3) is 0 Å². The molecule has 1 heterocycles. The van der Waals surface area contributed by atoms with E-state index in [4.69, 9.17) is 0 Å². The zero-order chi connectivity index (χ0) is 20.1. The van der Waals surface area contributed by atoms with Gasteiger partial charge in [-0.2, -0.15) is 26.3 Å². The fraction of sp³-hybridized carbons (Fsp3) is 0.588. The van der Waals surface area contributed by atoms with Crippen molar-refractivity contribution in [1.29, 1.82) is 0 Å². The summed E-state index contributed by atoms with van der Waals surface area (Å²) in [5.74, 6) is 0.369. The van der Waals surface area contributed by atoms with E-state index >= 15 is 0 Å². The Hall–Kier alpha value is -1.97. The van der Waals surface area contributed by atoms with Gasteiger partial charge in [-0.05, 0) is 31.0 Å². The summed E-state index contributed by atoms with van der Waals surface area (Å²) in [7, 11) is 0. The fourth-order valence-corrected chi connectivity index (χ4v) is 2.88. The lowest BCUT2D eigenvalue weighted by Crippen LogP contribution is -2.45. The van der Waals surface area contributed by atoms with Gasteiger partial charge in [0, 0.05) is 25.7 Å². The third-order valence-electron chi connectivity index (χ3n) is 4.03. The van der Waals surface area contributed by atoms with E-state index in [1.165, 1.54) is 11.0 Å². The number of halogens is 6. The van der Waals surface area contributed by atoms with Gasteiger partial charge in [0.15, 0.2) is 5.96 Å². The molecule has 4 nitrogen and oxygen atoms in total. The lowest BCUT2D eigenvalue weighted by Gasteiger charge is -2.19. The quantitative estimate of drug-likeness (QED) is 0.455. The molecule has 0 radical (unpaired) electrons. The van der Waals surface area contributed by atoms with E-state index in [2.05, 4.69) is 15.6 Å². The van der Waals surface area contributed by atoms with Crippen molar-refractivity contribution in [1.82, 2.24) is 15.5 Å². The van der Waals surface area contributed by atoms with Crippen LogP contribution in [0.5, 0.6) is 0 Å². The highest BCUT2D eigenvalue weighted by atomic mass is 19.4. The topological polar surface area (TPSA) is 39.7 Å². The van der Waals surface area contributed by atoms with E-state index < -0.39 is 24.5 Å². The predicted octanol–water partition coefficient (Wildman–Crippen LogP) is 3.40. The van der Waals surface area contributed by atoms with Crippen LogP contribution in [0.3, 0.4) is 0 Å². The summed E-state index contributed by atoms with van der Waals surface area (Å²) < 4.78 is 75.7. The average Bonchev–Trinajstić information content (AvgIpc) is 2.97. The lowest BCUT2D eigenvalue weighted by atomic mass is 10.1. The first-order valence-electron chi connectivity index (χ1n) is 8.57. The van der Waals surface area contributed by atoms with Gasteiger partial charge in [-0.3, -0.25) is 4.90 Å². The highest BCUT2D eigenvalue weighted by Gasteiger charge is 2.34. The molecule has 1 aliphatic rings. The van der Waals surface area contributed by atoms with Crippen LogP contribution in [0.15, 0.2) is 29.3 Å². The molecule has 1 fully saturated rings. The van der Waals surface area contributed by atoms with Crippen molar-refractivity contribution in [2.24, 2.45) is 4.99 Å². The highest BCUT2D eigenvalue weighted by molar-refractivity contribution is 5.80. The number of likely N-dealkylation sites (tertiary alicyclic amines) is 1. The number of nitrogens with zero attached hydrogens (tertiary/aromatic N) is 2. The molecule has 0 bridgehead atoms. The molecule has 1 aliphatic heterocycles. The molecule has 1 aromatic carbocycles. The molecule has 0 amide bonds. The second-order valence-corrected chi connectivity index (χ2v) is 6.37. The molecule has 1 saturated heterocycles. The van der Waals surface area contributed by atoms with Crippen molar-refractivity contribution >= 4 is 5.96 Å². The summed E-state index contributed by atoms with van der Waals surface area (Å²) >= 11 is 0. The monoisotopic (exact) mass is 396 g/mol. The molecular formula is C17H22F6N4. The first-order valence-corrected chi connectivity index (χ1v) is 8.57. The Balaban J connectivity index is 1.97. The van der Waals surface area contributed by atoms with E-state index in [1.807, 2.05) is 6.92 Å². The molecule has 1 atom stereocenters. The average molecular weight is 396 g/mol. The van der Waals surface area contributed by atoms with Crippen LogP contribution in [0, 0.1) is 0 Å². The number of rotatable bonds is 5. The van der Waals surface area contributed by atoms with Gasteiger partial charge < -0.3 is 10.6 Å². The van der Waals surface area contributed by atoms with Crippen molar-refractivity contribution in [2.45, 2.75) is 38.3 Å². The third kappa shape index (κ3) is 7.28. The number of alkyl halides is 6. The van der Waals surface area contributed by atoms with E-state index in [0.717, 1.165) is 12.1 Å². The minimum absolute atomic E-state index is 0.0260. The summed E-state index contributed by atoms with van der Waals surface area (Å²) in [5.41, 5.74) is -0.348. The first kappa shape index (κ1) is 21.3. The van der Waals surface area contributed by atoms with Crippen LogP contribution in [0.4, 0.5) is 26.3 Å². The Morgan fingerprint density at radius 3 is 2.59 bits per heavy atom. The second-order valence-electron chi connectivity index (χ2n) is 6.37. The lowest BCUT2D eigenvalue weighted by molar-refractivity contribution is -0.143. The summed E-state index contributed by atoms with van der Waals surface area (Å²) in [4.78, 5) is 5.57. The molecule has 152 valence electrons. The standard InChI is InChI=1S/C17H22F6N4/c1-2-24-15(26-14-6-7-27(10-14)11-16(18,19)20)25-9-12-4-3-5-13(8-12)17(21,22)23/h3-5,8,14H,2,6-7,9-11H2,1H3,(H2,24,25,26). The molecule has 0 aliphatic carbocycles. The van der Waals surface area contributed by atoms with Gasteiger partial charge in [0.1, 0.15) is 0 Å². The Labute approximate surface area is 153 Å². The minimum Gasteiger partial charge on any atom is -0.357 e. The summed E-state index contributed by atoms with van der Waals surface area (Å²) in [6.45, 7) is 1.97. The molecule has 1 aromatic rings. The van der Waals surface area contributed by atoms with Crippen molar-refractivity contribution in [2.75, 3.05) is 26.2 Å². The number of nitrogens with one attached hydrogen (secondary N) is 2. The van der Waals surface area contributed by atoms with Gasteiger partial charge in [0.2, 0.25) is 0 Å². The van der Waals surface area contributed by atoms with Gasteiger partial charge in [0.05, 0.1) is 18.7 Å². The van der Waals surface area contributed by atoms with Gasteiger partial charge in [-0.15, -0.1) is 0 Å². The van der Waals surface area contributed by atoms with Gasteiger partial charge >= 0.3 is 12.4 Å². The van der Waals surface area contributed by atoms with Crippen LogP contribution in [0.1, 0.15) is 24.5 Å². The van der Waals surface area contributed by atoms with Crippen molar-refractivity contribution in [3.63, 3.8) is 0 Å². The maximum atomic E-state index is 12.8. The molecular weight excluding hydrogens is 374 g/mol. The smallest absolute Gasteiger partial charge is 0.357 e. The molecule has 0 aromatic heterocycles. The van der Waals surface area contributed by atoms with E-state index in [-0.39, 0.29) is 19.1 Å². The molecule has 27 heavy (non-hydrogen) atoms. The van der Waals surface area contributed by atoms with E-state index in [0.29, 0.717) is 31.0 Å². The normalized spacial score (nSPS) is 19.4. The number of hydrogen-bond donors (Lipinski definition) is 2. The van der Waals surface area contributed by atoms with Gasteiger partial charge in [-0.25, -0.2) is 4.99 Å². The molecule has 1 unspecified atom stereocenters. The van der Waals surface area contributed by atoms with Crippen LogP contribution in [0.25, 0.3) is 0 Å². The zero-order valence-corrected chi connectivity index (χ0v) is 14.8. The first-order chi connectivity index (χ1) is 12.6. The van der Waals surface area contributed by atoms with E-state index in [9.17, 15) is 26.3 Å². The minimum atomic E-state index is -4.42. The zero-order valence-electron chi connectivity index (χ0n) is 14.8. The predicted molar refractivity (Wildman–Crippen MR) is 90.3 cm³/mol. The van der Waals surface area contributed by atoms with Gasteiger partial charge in [-0.1, -0.05) is 12.1 Å². The van der Waals surface area contributed by atoms with Crippen LogP contribution < -0.4 is 10.6 Å². The number of hydrogen-bond acceptors (Lipinski definition) is 2. The Morgan fingerprint density at radius 1 is 1.22 bits per heavy atom. The fourth-order valence-electron chi connectivity index (χ4n) is 2.88.